The molecule has 2 aliphatic rings. The van der Waals surface area contributed by atoms with Gasteiger partial charge in [-0.05, 0) is 50.2 Å². The fourth-order valence-electron chi connectivity index (χ4n) is 3.76. The number of hydrogen-bond acceptors (Lipinski definition) is 3. The smallest absolute Gasteiger partial charge is 0.191 e. The summed E-state index contributed by atoms with van der Waals surface area (Å²) >= 11 is 0. The third kappa shape index (κ3) is 6.13. The van der Waals surface area contributed by atoms with Gasteiger partial charge in [-0.15, -0.1) is 0 Å². The Labute approximate surface area is 164 Å². The zero-order chi connectivity index (χ0) is 19.1. The van der Waals surface area contributed by atoms with Crippen molar-refractivity contribution in [2.45, 2.75) is 64.5 Å². The monoisotopic (exact) mass is 372 g/mol. The van der Waals surface area contributed by atoms with Crippen LogP contribution in [0.15, 0.2) is 29.3 Å². The predicted octanol–water partition coefficient (Wildman–Crippen LogP) is 3.37. The highest BCUT2D eigenvalue weighted by Crippen LogP contribution is 2.29. The van der Waals surface area contributed by atoms with Crippen LogP contribution < -0.4 is 15.4 Å². The first-order valence-electron chi connectivity index (χ1n) is 10.7. The second kappa shape index (κ2) is 9.98. The van der Waals surface area contributed by atoms with Crippen molar-refractivity contribution in [1.29, 1.82) is 0 Å². The van der Waals surface area contributed by atoms with Gasteiger partial charge in [-0.2, -0.15) is 0 Å². The lowest BCUT2D eigenvalue weighted by atomic mass is 10.0. The molecule has 1 saturated heterocycles. The highest BCUT2D eigenvalue weighted by Gasteiger charge is 2.31. The quantitative estimate of drug-likeness (QED) is 0.417. The molecule has 1 aromatic rings. The Balaban J connectivity index is 1.45. The number of nitrogens with one attached hydrogen (secondary N) is 2. The van der Waals surface area contributed by atoms with Crippen LogP contribution in [0.5, 0.6) is 5.75 Å². The minimum absolute atomic E-state index is 0.463. The summed E-state index contributed by atoms with van der Waals surface area (Å²) in [6.45, 7) is 11.1. The Hall–Kier alpha value is -1.75. The standard InChI is InChI=1S/C22H36N4O/c1-4-23-22(25-18-11-14-26(15-12-18)19-9-10-19)24-13-16-27-21-8-6-5-7-20(21)17(2)3/h5-8,17-19H,4,9-16H2,1-3H3,(H2,23,24,25). The number of benzene rings is 1. The SMILES string of the molecule is CCNC(=NCCOc1ccccc1C(C)C)NC1CCN(C2CC2)CC1. The lowest BCUT2D eigenvalue weighted by molar-refractivity contribution is 0.197. The van der Waals surface area contributed by atoms with Crippen molar-refractivity contribution < 1.29 is 4.74 Å². The molecule has 0 bridgehead atoms. The highest BCUT2D eigenvalue weighted by molar-refractivity contribution is 5.80. The molecule has 1 aromatic carbocycles. The van der Waals surface area contributed by atoms with Crippen LogP contribution in [0.3, 0.4) is 0 Å². The number of likely N-dealkylation sites (tertiary alicyclic amines) is 1. The van der Waals surface area contributed by atoms with E-state index in [0.717, 1.165) is 24.3 Å². The van der Waals surface area contributed by atoms with Crippen LogP contribution in [-0.2, 0) is 0 Å². The van der Waals surface area contributed by atoms with Crippen LogP contribution in [0.25, 0.3) is 0 Å². The molecular formula is C22H36N4O. The normalized spacial score (nSPS) is 19.3. The highest BCUT2D eigenvalue weighted by atomic mass is 16.5. The molecule has 1 aliphatic heterocycles. The third-order valence-electron chi connectivity index (χ3n) is 5.44. The van der Waals surface area contributed by atoms with E-state index in [1.54, 1.807) is 0 Å². The van der Waals surface area contributed by atoms with E-state index in [1.165, 1.54) is 44.3 Å². The lowest BCUT2D eigenvalue weighted by Crippen LogP contribution is -2.49. The number of ether oxygens (including phenoxy) is 1. The summed E-state index contributed by atoms with van der Waals surface area (Å²) in [6.07, 6.45) is 5.22. The molecule has 0 spiro atoms. The molecule has 1 saturated carbocycles. The maximum Gasteiger partial charge on any atom is 0.191 e. The first-order chi connectivity index (χ1) is 13.2. The number of guanidine groups is 1. The summed E-state index contributed by atoms with van der Waals surface area (Å²) < 4.78 is 6.00. The van der Waals surface area contributed by atoms with Crippen molar-refractivity contribution in [3.63, 3.8) is 0 Å². The molecule has 5 heteroatoms. The predicted molar refractivity (Wildman–Crippen MR) is 113 cm³/mol. The van der Waals surface area contributed by atoms with Gasteiger partial charge >= 0.3 is 0 Å². The second-order valence-corrected chi connectivity index (χ2v) is 7.99. The van der Waals surface area contributed by atoms with E-state index in [4.69, 9.17) is 9.73 Å². The largest absolute Gasteiger partial charge is 0.491 e. The minimum Gasteiger partial charge on any atom is -0.491 e. The van der Waals surface area contributed by atoms with E-state index in [1.807, 2.05) is 6.07 Å². The molecule has 150 valence electrons. The van der Waals surface area contributed by atoms with Crippen LogP contribution >= 0.6 is 0 Å². The fraction of sp³-hybridized carbons (Fsp3) is 0.682. The van der Waals surface area contributed by atoms with Crippen molar-refractivity contribution >= 4 is 5.96 Å². The molecule has 0 aromatic heterocycles. The molecule has 2 fully saturated rings. The fourth-order valence-corrected chi connectivity index (χ4v) is 3.76. The Morgan fingerprint density at radius 2 is 1.93 bits per heavy atom. The molecule has 0 amide bonds. The average molecular weight is 373 g/mol. The summed E-state index contributed by atoms with van der Waals surface area (Å²) in [6, 6.07) is 9.71. The van der Waals surface area contributed by atoms with Gasteiger partial charge in [0.1, 0.15) is 12.4 Å². The van der Waals surface area contributed by atoms with E-state index in [0.29, 0.717) is 25.1 Å². The van der Waals surface area contributed by atoms with Gasteiger partial charge < -0.3 is 20.3 Å². The van der Waals surface area contributed by atoms with Crippen molar-refractivity contribution in [2.75, 3.05) is 32.8 Å². The molecule has 0 unspecified atom stereocenters. The van der Waals surface area contributed by atoms with E-state index in [9.17, 15) is 0 Å². The molecule has 0 radical (unpaired) electrons. The molecule has 0 atom stereocenters. The number of piperidine rings is 1. The number of para-hydroxylation sites is 1. The van der Waals surface area contributed by atoms with Crippen molar-refractivity contribution in [2.24, 2.45) is 4.99 Å². The lowest BCUT2D eigenvalue weighted by Gasteiger charge is -2.33. The molecule has 1 heterocycles. The Morgan fingerprint density at radius 1 is 1.19 bits per heavy atom. The number of nitrogens with zero attached hydrogens (tertiary/aromatic N) is 2. The van der Waals surface area contributed by atoms with Crippen LogP contribution in [0, 0.1) is 0 Å². The van der Waals surface area contributed by atoms with Crippen LogP contribution in [-0.4, -0.2) is 55.7 Å². The van der Waals surface area contributed by atoms with E-state index in [-0.39, 0.29) is 0 Å². The van der Waals surface area contributed by atoms with E-state index < -0.39 is 0 Å². The number of rotatable bonds is 8. The molecule has 27 heavy (non-hydrogen) atoms. The van der Waals surface area contributed by atoms with E-state index >= 15 is 0 Å². The zero-order valence-electron chi connectivity index (χ0n) is 17.2. The van der Waals surface area contributed by atoms with Crippen molar-refractivity contribution in [3.05, 3.63) is 29.8 Å². The summed E-state index contributed by atoms with van der Waals surface area (Å²) in [5, 5.41) is 7.00. The first kappa shape index (κ1) is 20.0. The van der Waals surface area contributed by atoms with Gasteiger partial charge in [-0.1, -0.05) is 32.0 Å². The maximum atomic E-state index is 6.00. The summed E-state index contributed by atoms with van der Waals surface area (Å²) in [5.74, 6) is 2.36. The Morgan fingerprint density at radius 3 is 2.59 bits per heavy atom. The first-order valence-corrected chi connectivity index (χ1v) is 10.7. The molecule has 1 aliphatic carbocycles. The van der Waals surface area contributed by atoms with Crippen molar-refractivity contribution in [3.8, 4) is 5.75 Å². The van der Waals surface area contributed by atoms with Gasteiger partial charge in [-0.25, -0.2) is 4.99 Å². The van der Waals surface area contributed by atoms with Crippen molar-refractivity contribution in [1.82, 2.24) is 15.5 Å². The average Bonchev–Trinajstić information content (AvgIpc) is 3.51. The van der Waals surface area contributed by atoms with Gasteiger partial charge in [0.2, 0.25) is 0 Å². The summed E-state index contributed by atoms with van der Waals surface area (Å²) in [4.78, 5) is 7.37. The number of aliphatic imine (C=N–C) groups is 1. The molecule has 2 N–H and O–H groups in total. The third-order valence-corrected chi connectivity index (χ3v) is 5.44. The van der Waals surface area contributed by atoms with Gasteiger partial charge in [0, 0.05) is 31.7 Å². The van der Waals surface area contributed by atoms with Crippen LogP contribution in [0.2, 0.25) is 0 Å². The molecule has 3 rings (SSSR count). The van der Waals surface area contributed by atoms with E-state index in [2.05, 4.69) is 54.5 Å². The zero-order valence-corrected chi connectivity index (χ0v) is 17.2. The summed E-state index contributed by atoms with van der Waals surface area (Å²) in [7, 11) is 0. The Bertz CT molecular complexity index is 604. The maximum absolute atomic E-state index is 6.00. The summed E-state index contributed by atoms with van der Waals surface area (Å²) in [5.41, 5.74) is 1.26. The molecule has 5 nitrogen and oxygen atoms in total. The second-order valence-electron chi connectivity index (χ2n) is 7.99. The van der Waals surface area contributed by atoms with Gasteiger partial charge in [0.05, 0.1) is 6.54 Å². The Kier molecular flexibility index (Phi) is 7.39. The molecular weight excluding hydrogens is 336 g/mol. The number of hydrogen-bond donors (Lipinski definition) is 2. The van der Waals surface area contributed by atoms with Crippen LogP contribution in [0.4, 0.5) is 0 Å². The van der Waals surface area contributed by atoms with Crippen LogP contribution in [0.1, 0.15) is 57.9 Å². The van der Waals surface area contributed by atoms with Gasteiger partial charge in [-0.3, -0.25) is 0 Å². The van der Waals surface area contributed by atoms with Gasteiger partial charge in [0.15, 0.2) is 5.96 Å². The van der Waals surface area contributed by atoms with Gasteiger partial charge in [0.25, 0.3) is 0 Å². The minimum atomic E-state index is 0.463. The topological polar surface area (TPSA) is 48.9 Å².